The van der Waals surface area contributed by atoms with E-state index in [-0.39, 0.29) is 30.3 Å². The van der Waals surface area contributed by atoms with Gasteiger partial charge in [-0.3, -0.25) is 4.79 Å². The van der Waals surface area contributed by atoms with Gasteiger partial charge in [0.1, 0.15) is 0 Å². The van der Waals surface area contributed by atoms with Gasteiger partial charge in [0, 0.05) is 19.1 Å². The van der Waals surface area contributed by atoms with Gasteiger partial charge in [0.15, 0.2) is 0 Å². The van der Waals surface area contributed by atoms with Crippen LogP contribution < -0.4 is 16.4 Å². The summed E-state index contributed by atoms with van der Waals surface area (Å²) < 4.78 is 0. The minimum absolute atomic E-state index is 0. The van der Waals surface area contributed by atoms with Crippen LogP contribution in [0.3, 0.4) is 0 Å². The number of piperidine rings is 1. The largest absolute Gasteiger partial charge is 0.351 e. The SMILES string of the molecule is CC(C)[C@H](N)C(=O)NC1[C@H]2CNC[C@@H]12.Cl. The van der Waals surface area contributed by atoms with Crippen molar-refractivity contribution in [2.45, 2.75) is 25.9 Å². The molecule has 1 aliphatic heterocycles. The van der Waals surface area contributed by atoms with Gasteiger partial charge in [0.05, 0.1) is 6.04 Å². The van der Waals surface area contributed by atoms with E-state index < -0.39 is 0 Å². The second kappa shape index (κ2) is 4.68. The minimum Gasteiger partial charge on any atom is -0.351 e. The van der Waals surface area contributed by atoms with E-state index in [0.717, 1.165) is 13.1 Å². The third kappa shape index (κ3) is 2.44. The number of nitrogens with one attached hydrogen (secondary N) is 2. The molecule has 2 rings (SSSR count). The lowest BCUT2D eigenvalue weighted by atomic mass is 10.1. The molecule has 4 nitrogen and oxygen atoms in total. The molecule has 0 spiro atoms. The third-order valence-corrected chi connectivity index (χ3v) is 3.42. The smallest absolute Gasteiger partial charge is 0.237 e. The zero-order valence-corrected chi connectivity index (χ0v) is 10.0. The maximum absolute atomic E-state index is 11.6. The van der Waals surface area contributed by atoms with Gasteiger partial charge in [-0.2, -0.15) is 0 Å². The molecule has 0 aromatic carbocycles. The molecule has 4 atom stereocenters. The number of fused-ring (bicyclic) bond motifs is 1. The van der Waals surface area contributed by atoms with E-state index in [1.54, 1.807) is 0 Å². The molecular weight excluding hydrogens is 214 g/mol. The number of rotatable bonds is 3. The Balaban J connectivity index is 0.00000112. The van der Waals surface area contributed by atoms with E-state index >= 15 is 0 Å². The molecule has 4 N–H and O–H groups in total. The summed E-state index contributed by atoms with van der Waals surface area (Å²) in [6, 6.07) is 0.0397. The van der Waals surface area contributed by atoms with Crippen LogP contribution in [-0.2, 0) is 4.79 Å². The average molecular weight is 234 g/mol. The first-order chi connectivity index (χ1) is 6.61. The summed E-state index contributed by atoms with van der Waals surface area (Å²) in [5, 5.41) is 6.33. The van der Waals surface area contributed by atoms with Crippen LogP contribution in [0.25, 0.3) is 0 Å². The predicted molar refractivity (Wildman–Crippen MR) is 61.8 cm³/mol. The Bertz CT molecular complexity index is 237. The van der Waals surface area contributed by atoms with E-state index in [9.17, 15) is 4.79 Å². The van der Waals surface area contributed by atoms with Crippen molar-refractivity contribution in [2.75, 3.05) is 13.1 Å². The van der Waals surface area contributed by atoms with Gasteiger partial charge in [-0.1, -0.05) is 13.8 Å². The van der Waals surface area contributed by atoms with Crippen LogP contribution in [0.5, 0.6) is 0 Å². The lowest BCUT2D eigenvalue weighted by Gasteiger charge is -2.16. The molecule has 1 amide bonds. The second-order valence-corrected chi connectivity index (χ2v) is 4.79. The van der Waals surface area contributed by atoms with Gasteiger partial charge in [-0.15, -0.1) is 12.4 Å². The highest BCUT2D eigenvalue weighted by atomic mass is 35.5. The van der Waals surface area contributed by atoms with Crippen molar-refractivity contribution in [3.05, 3.63) is 0 Å². The van der Waals surface area contributed by atoms with Crippen molar-refractivity contribution in [1.82, 2.24) is 10.6 Å². The number of halogens is 1. The van der Waals surface area contributed by atoms with E-state index in [1.165, 1.54) is 0 Å². The van der Waals surface area contributed by atoms with Crippen LogP contribution in [0.4, 0.5) is 0 Å². The van der Waals surface area contributed by atoms with Crippen molar-refractivity contribution in [3.8, 4) is 0 Å². The van der Waals surface area contributed by atoms with Gasteiger partial charge >= 0.3 is 0 Å². The van der Waals surface area contributed by atoms with Crippen LogP contribution >= 0.6 is 12.4 Å². The number of carbonyl (C=O) groups is 1. The van der Waals surface area contributed by atoms with Gasteiger partial charge < -0.3 is 16.4 Å². The number of carbonyl (C=O) groups excluding carboxylic acids is 1. The van der Waals surface area contributed by atoms with Crippen LogP contribution in [-0.4, -0.2) is 31.1 Å². The van der Waals surface area contributed by atoms with Crippen molar-refractivity contribution in [1.29, 1.82) is 0 Å². The van der Waals surface area contributed by atoms with Crippen molar-refractivity contribution in [3.63, 3.8) is 0 Å². The van der Waals surface area contributed by atoms with E-state index in [4.69, 9.17) is 5.73 Å². The maximum Gasteiger partial charge on any atom is 0.237 e. The van der Waals surface area contributed by atoms with Crippen molar-refractivity contribution < 1.29 is 4.79 Å². The van der Waals surface area contributed by atoms with Crippen LogP contribution in [0.15, 0.2) is 0 Å². The van der Waals surface area contributed by atoms with Gasteiger partial charge in [-0.25, -0.2) is 0 Å². The first-order valence-corrected chi connectivity index (χ1v) is 5.38. The molecule has 2 fully saturated rings. The van der Waals surface area contributed by atoms with Crippen molar-refractivity contribution in [2.24, 2.45) is 23.5 Å². The van der Waals surface area contributed by atoms with Crippen molar-refractivity contribution >= 4 is 18.3 Å². The molecule has 15 heavy (non-hydrogen) atoms. The summed E-state index contributed by atoms with van der Waals surface area (Å²) in [6.07, 6.45) is 0. The third-order valence-electron chi connectivity index (χ3n) is 3.42. The summed E-state index contributed by atoms with van der Waals surface area (Å²) in [5.41, 5.74) is 5.76. The summed E-state index contributed by atoms with van der Waals surface area (Å²) in [6.45, 7) is 6.04. The Morgan fingerprint density at radius 2 is 1.93 bits per heavy atom. The number of amides is 1. The Hall–Kier alpha value is -0.320. The Morgan fingerprint density at radius 1 is 1.40 bits per heavy atom. The number of nitrogens with two attached hydrogens (primary N) is 1. The summed E-state index contributed by atoms with van der Waals surface area (Å²) >= 11 is 0. The zero-order valence-electron chi connectivity index (χ0n) is 9.19. The Kier molecular flexibility index (Phi) is 3.98. The average Bonchev–Trinajstić information content (AvgIpc) is 2.63. The Labute approximate surface area is 96.8 Å². The molecule has 1 saturated heterocycles. The van der Waals surface area contributed by atoms with Gasteiger partial charge in [0.2, 0.25) is 5.91 Å². The van der Waals surface area contributed by atoms with Gasteiger partial charge in [-0.05, 0) is 17.8 Å². The second-order valence-electron chi connectivity index (χ2n) is 4.79. The summed E-state index contributed by atoms with van der Waals surface area (Å²) in [7, 11) is 0. The van der Waals surface area contributed by atoms with Crippen LogP contribution in [0.1, 0.15) is 13.8 Å². The lowest BCUT2D eigenvalue weighted by Crippen LogP contribution is -2.46. The molecule has 0 aromatic heterocycles. The van der Waals surface area contributed by atoms with E-state index in [1.807, 2.05) is 13.8 Å². The van der Waals surface area contributed by atoms with Crippen LogP contribution in [0, 0.1) is 17.8 Å². The molecule has 0 aromatic rings. The van der Waals surface area contributed by atoms with E-state index in [2.05, 4.69) is 10.6 Å². The topological polar surface area (TPSA) is 67.2 Å². The fourth-order valence-electron chi connectivity index (χ4n) is 2.20. The van der Waals surface area contributed by atoms with Crippen LogP contribution in [0.2, 0.25) is 0 Å². The molecule has 5 heteroatoms. The summed E-state index contributed by atoms with van der Waals surface area (Å²) in [5.74, 6) is 1.56. The molecule has 1 unspecified atom stereocenters. The Morgan fingerprint density at radius 3 is 2.40 bits per heavy atom. The molecule has 2 aliphatic rings. The molecule has 1 heterocycles. The standard InChI is InChI=1S/C10H19N3O.ClH/c1-5(2)8(11)10(14)13-9-6-3-12-4-7(6)9;/h5-9,12H,3-4,11H2,1-2H3,(H,13,14);1H/t6-,7+,8-,9?;/m0./s1. The minimum atomic E-state index is -0.357. The number of hydrogen-bond donors (Lipinski definition) is 3. The van der Waals surface area contributed by atoms with E-state index in [0.29, 0.717) is 17.9 Å². The maximum atomic E-state index is 11.6. The predicted octanol–water partition coefficient (Wildman–Crippen LogP) is -0.274. The monoisotopic (exact) mass is 233 g/mol. The lowest BCUT2D eigenvalue weighted by molar-refractivity contribution is -0.123. The van der Waals surface area contributed by atoms with Gasteiger partial charge in [0.25, 0.3) is 0 Å². The molecule has 0 bridgehead atoms. The first kappa shape index (κ1) is 12.7. The highest BCUT2D eigenvalue weighted by Gasteiger charge is 2.53. The molecule has 88 valence electrons. The first-order valence-electron chi connectivity index (χ1n) is 5.38. The fraction of sp³-hybridized carbons (Fsp3) is 0.900. The highest BCUT2D eigenvalue weighted by molar-refractivity contribution is 5.85. The molecule has 1 aliphatic carbocycles. The molecular formula is C10H20ClN3O. The quantitative estimate of drug-likeness (QED) is 0.629. The fourth-order valence-corrected chi connectivity index (χ4v) is 2.20. The normalized spacial score (nSPS) is 34.3. The summed E-state index contributed by atoms with van der Waals surface area (Å²) in [4.78, 5) is 11.6. The zero-order chi connectivity index (χ0) is 10.3. The number of hydrogen-bond acceptors (Lipinski definition) is 3. The molecule has 1 saturated carbocycles. The highest BCUT2D eigenvalue weighted by Crippen LogP contribution is 2.41. The molecule has 0 radical (unpaired) electrons.